The summed E-state index contributed by atoms with van der Waals surface area (Å²) in [6, 6.07) is 14.6. The third-order valence-electron chi connectivity index (χ3n) is 5.19. The van der Waals surface area contributed by atoms with Crippen LogP contribution in [0.1, 0.15) is 16.8 Å². The van der Waals surface area contributed by atoms with Crippen LogP contribution in [0.2, 0.25) is 5.02 Å². The Labute approximate surface area is 186 Å². The Morgan fingerprint density at radius 2 is 1.78 bits per heavy atom. The van der Waals surface area contributed by atoms with Crippen LogP contribution in [0.4, 0.5) is 13.2 Å². The Kier molecular flexibility index (Phi) is 5.73. The van der Waals surface area contributed by atoms with Crippen LogP contribution in [0, 0.1) is 13.8 Å². The molecule has 0 fully saturated rings. The lowest BCUT2D eigenvalue weighted by atomic mass is 10.1. The zero-order chi connectivity index (χ0) is 23.0. The van der Waals surface area contributed by atoms with Crippen LogP contribution in [0.15, 0.2) is 59.4 Å². The predicted octanol–water partition coefficient (Wildman–Crippen LogP) is 5.56. The van der Waals surface area contributed by atoms with Crippen molar-refractivity contribution in [3.63, 3.8) is 0 Å². The van der Waals surface area contributed by atoms with Gasteiger partial charge in [0.05, 0.1) is 28.9 Å². The van der Waals surface area contributed by atoms with E-state index >= 15 is 0 Å². The predicted molar refractivity (Wildman–Crippen MR) is 117 cm³/mol. The van der Waals surface area contributed by atoms with Crippen LogP contribution in [0.5, 0.6) is 5.75 Å². The molecule has 0 aliphatic rings. The first kappa shape index (κ1) is 22.0. The van der Waals surface area contributed by atoms with E-state index < -0.39 is 17.3 Å². The molecule has 2 aromatic carbocycles. The molecule has 0 N–H and O–H groups in total. The number of nitrogens with zero attached hydrogens (tertiary/aromatic N) is 3. The van der Waals surface area contributed by atoms with Crippen molar-refractivity contribution < 1.29 is 17.9 Å². The number of para-hydroxylation sites is 1. The van der Waals surface area contributed by atoms with Crippen LogP contribution in [-0.2, 0) is 12.7 Å². The van der Waals surface area contributed by atoms with Crippen molar-refractivity contribution in [2.24, 2.45) is 0 Å². The molecule has 5 nitrogen and oxygen atoms in total. The van der Waals surface area contributed by atoms with Crippen LogP contribution in [-0.4, -0.2) is 21.0 Å². The molecule has 0 aliphatic carbocycles. The van der Waals surface area contributed by atoms with E-state index in [2.05, 4.69) is 5.10 Å². The van der Waals surface area contributed by atoms with Gasteiger partial charge in [-0.2, -0.15) is 18.3 Å². The van der Waals surface area contributed by atoms with E-state index in [0.717, 1.165) is 0 Å². The van der Waals surface area contributed by atoms with Gasteiger partial charge in [0, 0.05) is 11.1 Å². The SMILES string of the molecule is Cc1c(Cl)cccc1-n1nc(C)c2c(C(F)(F)F)cc(=O)n(CCOc3ccccc3)c21. The van der Waals surface area contributed by atoms with Crippen LogP contribution < -0.4 is 10.3 Å². The second-order valence-corrected chi connectivity index (χ2v) is 7.69. The van der Waals surface area contributed by atoms with Gasteiger partial charge in [0.25, 0.3) is 5.56 Å². The molecule has 2 heterocycles. The Morgan fingerprint density at radius 3 is 2.47 bits per heavy atom. The van der Waals surface area contributed by atoms with Crippen molar-refractivity contribution in [1.29, 1.82) is 0 Å². The standard InChI is InChI=1S/C23H19ClF3N3O2/c1-14-18(24)9-6-10-19(14)30-22-21(15(2)28-30)17(23(25,26)27)13-20(31)29(22)11-12-32-16-7-4-3-5-8-16/h3-10,13H,11-12H2,1-2H3. The number of aryl methyl sites for hydroxylation is 1. The maximum absolute atomic E-state index is 13.8. The van der Waals surface area contributed by atoms with Crippen molar-refractivity contribution in [3.8, 4) is 11.4 Å². The van der Waals surface area contributed by atoms with Gasteiger partial charge in [-0.1, -0.05) is 35.9 Å². The molecule has 0 spiro atoms. The third kappa shape index (κ3) is 3.98. The minimum absolute atomic E-state index is 0.0348. The van der Waals surface area contributed by atoms with Gasteiger partial charge in [-0.25, -0.2) is 4.68 Å². The first-order chi connectivity index (χ1) is 15.2. The summed E-state index contributed by atoms with van der Waals surface area (Å²) in [6.45, 7) is 3.36. The van der Waals surface area contributed by atoms with Crippen molar-refractivity contribution in [3.05, 3.63) is 86.8 Å². The van der Waals surface area contributed by atoms with E-state index in [1.165, 1.54) is 16.2 Å². The molecule has 4 aromatic rings. The second kappa shape index (κ2) is 8.35. The summed E-state index contributed by atoms with van der Waals surface area (Å²) in [5.41, 5.74) is -0.472. The van der Waals surface area contributed by atoms with Crippen LogP contribution >= 0.6 is 11.6 Å². The van der Waals surface area contributed by atoms with E-state index in [0.29, 0.717) is 28.1 Å². The molecule has 0 unspecified atom stereocenters. The summed E-state index contributed by atoms with van der Waals surface area (Å²) in [4.78, 5) is 12.8. The molecule has 0 saturated heterocycles. The number of hydrogen-bond acceptors (Lipinski definition) is 3. The normalized spacial score (nSPS) is 11.8. The van der Waals surface area contributed by atoms with Crippen molar-refractivity contribution in [2.75, 3.05) is 6.61 Å². The zero-order valence-corrected chi connectivity index (χ0v) is 18.0. The van der Waals surface area contributed by atoms with Gasteiger partial charge in [-0.15, -0.1) is 0 Å². The number of benzene rings is 2. The molecule has 4 rings (SSSR count). The molecular formula is C23H19ClF3N3O2. The number of halogens is 4. The number of alkyl halides is 3. The highest BCUT2D eigenvalue weighted by atomic mass is 35.5. The molecule has 0 atom stereocenters. The molecule has 32 heavy (non-hydrogen) atoms. The van der Waals surface area contributed by atoms with Crippen LogP contribution in [0.3, 0.4) is 0 Å². The fraction of sp³-hybridized carbons (Fsp3) is 0.217. The Balaban J connectivity index is 1.92. The second-order valence-electron chi connectivity index (χ2n) is 7.29. The first-order valence-corrected chi connectivity index (χ1v) is 10.2. The monoisotopic (exact) mass is 461 g/mol. The molecule has 2 aromatic heterocycles. The van der Waals surface area contributed by atoms with E-state index in [9.17, 15) is 18.0 Å². The van der Waals surface area contributed by atoms with Gasteiger partial charge in [-0.3, -0.25) is 9.36 Å². The van der Waals surface area contributed by atoms with E-state index in [-0.39, 0.29) is 29.9 Å². The average molecular weight is 462 g/mol. The summed E-state index contributed by atoms with van der Waals surface area (Å²) in [5, 5.41) is 4.67. The fourth-order valence-corrected chi connectivity index (χ4v) is 3.83. The summed E-state index contributed by atoms with van der Waals surface area (Å²) < 4.78 is 49.7. The van der Waals surface area contributed by atoms with Crippen LogP contribution in [0.25, 0.3) is 16.7 Å². The van der Waals surface area contributed by atoms with Gasteiger partial charge in [-0.05, 0) is 43.7 Å². The highest BCUT2D eigenvalue weighted by Crippen LogP contribution is 2.36. The van der Waals surface area contributed by atoms with Gasteiger partial charge >= 0.3 is 6.18 Å². The molecule has 0 aliphatic heterocycles. The summed E-state index contributed by atoms with van der Waals surface area (Å²) in [6.07, 6.45) is -4.71. The smallest absolute Gasteiger partial charge is 0.417 e. The number of pyridine rings is 1. The lowest BCUT2D eigenvalue weighted by Crippen LogP contribution is -2.27. The van der Waals surface area contributed by atoms with Crippen molar-refractivity contribution in [2.45, 2.75) is 26.6 Å². The first-order valence-electron chi connectivity index (χ1n) is 9.82. The third-order valence-corrected chi connectivity index (χ3v) is 5.60. The van der Waals surface area contributed by atoms with Crippen molar-refractivity contribution >= 4 is 22.6 Å². The lowest BCUT2D eigenvalue weighted by molar-refractivity contribution is -0.136. The maximum Gasteiger partial charge on any atom is 0.417 e. The largest absolute Gasteiger partial charge is 0.492 e. The number of ether oxygens (including phenoxy) is 1. The zero-order valence-electron chi connectivity index (χ0n) is 17.3. The highest BCUT2D eigenvalue weighted by Gasteiger charge is 2.36. The highest BCUT2D eigenvalue weighted by molar-refractivity contribution is 6.31. The van der Waals surface area contributed by atoms with Crippen molar-refractivity contribution in [1.82, 2.24) is 14.3 Å². The van der Waals surface area contributed by atoms with Gasteiger partial charge in [0.15, 0.2) is 0 Å². The molecule has 0 bridgehead atoms. The summed E-state index contributed by atoms with van der Waals surface area (Å²) >= 11 is 6.24. The van der Waals surface area contributed by atoms with E-state index in [1.54, 1.807) is 49.4 Å². The van der Waals surface area contributed by atoms with Gasteiger partial charge in [0.2, 0.25) is 0 Å². The average Bonchev–Trinajstić information content (AvgIpc) is 3.08. The summed E-state index contributed by atoms with van der Waals surface area (Å²) in [5.74, 6) is 0.596. The number of aromatic nitrogens is 3. The molecule has 0 amide bonds. The van der Waals surface area contributed by atoms with E-state index in [4.69, 9.17) is 16.3 Å². The number of hydrogen-bond donors (Lipinski definition) is 0. The topological polar surface area (TPSA) is 49.0 Å². The quantitative estimate of drug-likeness (QED) is 0.391. The van der Waals surface area contributed by atoms with Gasteiger partial charge < -0.3 is 4.74 Å². The number of rotatable bonds is 5. The van der Waals surface area contributed by atoms with Gasteiger partial charge in [0.1, 0.15) is 18.0 Å². The Hall–Kier alpha value is -3.26. The minimum atomic E-state index is -4.71. The summed E-state index contributed by atoms with van der Waals surface area (Å²) in [7, 11) is 0. The van der Waals surface area contributed by atoms with E-state index in [1.807, 2.05) is 6.07 Å². The Bertz CT molecular complexity index is 1340. The molecule has 0 radical (unpaired) electrons. The number of fused-ring (bicyclic) bond motifs is 1. The minimum Gasteiger partial charge on any atom is -0.492 e. The lowest BCUT2D eigenvalue weighted by Gasteiger charge is -2.16. The molecule has 0 saturated carbocycles. The molecule has 166 valence electrons. The Morgan fingerprint density at radius 1 is 1.06 bits per heavy atom. The molecular weight excluding hydrogens is 443 g/mol. The maximum atomic E-state index is 13.8. The fourth-order valence-electron chi connectivity index (χ4n) is 3.66. The molecule has 9 heteroatoms.